The maximum Gasteiger partial charge on any atom is 0.220 e. The Morgan fingerprint density at radius 3 is 2.94 bits per heavy atom. The average Bonchev–Trinajstić information content (AvgIpc) is 2.70. The van der Waals surface area contributed by atoms with E-state index < -0.39 is 0 Å². The Morgan fingerprint density at radius 2 is 2.31 bits per heavy atom. The number of carbonyl (C=O) groups excluding carboxylic acids is 1. The molecule has 1 aliphatic rings. The summed E-state index contributed by atoms with van der Waals surface area (Å²) in [5.74, 6) is 0.711. The van der Waals surface area contributed by atoms with E-state index in [2.05, 4.69) is 31.3 Å². The summed E-state index contributed by atoms with van der Waals surface area (Å²) >= 11 is 0. The Balaban J connectivity index is 2.10. The number of amides is 1. The largest absolute Gasteiger partial charge is 0.354 e. The van der Waals surface area contributed by atoms with E-state index in [4.69, 9.17) is 0 Å². The molecule has 16 heavy (non-hydrogen) atoms. The van der Waals surface area contributed by atoms with Crippen LogP contribution in [0.4, 0.5) is 0 Å². The van der Waals surface area contributed by atoms with Crippen LogP contribution in [-0.4, -0.2) is 11.9 Å². The molecule has 0 unspecified atom stereocenters. The van der Waals surface area contributed by atoms with Gasteiger partial charge in [0.15, 0.2) is 0 Å². The van der Waals surface area contributed by atoms with Crippen molar-refractivity contribution in [1.82, 2.24) is 5.32 Å². The smallest absolute Gasteiger partial charge is 0.220 e. The molecule has 2 atom stereocenters. The molecule has 0 radical (unpaired) electrons. The van der Waals surface area contributed by atoms with Crippen LogP contribution >= 0.6 is 0 Å². The second-order valence-electron chi connectivity index (χ2n) is 4.93. The summed E-state index contributed by atoms with van der Waals surface area (Å²) in [6.07, 6.45) is 12.2. The summed E-state index contributed by atoms with van der Waals surface area (Å²) in [5.41, 5.74) is 0. The summed E-state index contributed by atoms with van der Waals surface area (Å²) in [7, 11) is 0. The monoisotopic (exact) mass is 223 g/mol. The van der Waals surface area contributed by atoms with Crippen LogP contribution in [-0.2, 0) is 4.79 Å². The lowest BCUT2D eigenvalue weighted by Crippen LogP contribution is -2.33. The molecule has 0 aliphatic heterocycles. The zero-order valence-electron chi connectivity index (χ0n) is 10.7. The summed E-state index contributed by atoms with van der Waals surface area (Å²) < 4.78 is 0. The molecular formula is C14H25NO. The maximum atomic E-state index is 11.7. The summed E-state index contributed by atoms with van der Waals surface area (Å²) in [5, 5.41) is 3.09. The van der Waals surface area contributed by atoms with E-state index in [0.717, 1.165) is 19.3 Å². The summed E-state index contributed by atoms with van der Waals surface area (Å²) in [6, 6.07) is 0.337. The number of nitrogens with one attached hydrogen (secondary N) is 1. The third-order valence-electron chi connectivity index (χ3n) is 3.21. The van der Waals surface area contributed by atoms with Crippen LogP contribution in [0.25, 0.3) is 0 Å². The highest BCUT2D eigenvalue weighted by atomic mass is 16.1. The van der Waals surface area contributed by atoms with E-state index in [1.807, 2.05) is 0 Å². The van der Waals surface area contributed by atoms with Gasteiger partial charge in [-0.1, -0.05) is 38.3 Å². The average molecular weight is 223 g/mol. The van der Waals surface area contributed by atoms with Gasteiger partial charge in [-0.05, 0) is 32.1 Å². The molecule has 1 rings (SSSR count). The number of unbranched alkanes of at least 4 members (excludes halogenated alkanes) is 2. The minimum atomic E-state index is 0.223. The van der Waals surface area contributed by atoms with E-state index >= 15 is 0 Å². The Bertz CT molecular complexity index is 235. The molecule has 0 aromatic rings. The van der Waals surface area contributed by atoms with Crippen molar-refractivity contribution in [3.8, 4) is 0 Å². The quantitative estimate of drug-likeness (QED) is 0.520. The third kappa shape index (κ3) is 5.34. The van der Waals surface area contributed by atoms with Gasteiger partial charge in [-0.2, -0.15) is 0 Å². The van der Waals surface area contributed by atoms with E-state index in [-0.39, 0.29) is 5.91 Å². The number of rotatable bonds is 7. The highest BCUT2D eigenvalue weighted by molar-refractivity contribution is 5.76. The van der Waals surface area contributed by atoms with Gasteiger partial charge in [0.1, 0.15) is 0 Å². The molecule has 0 fully saturated rings. The Morgan fingerprint density at radius 1 is 1.50 bits per heavy atom. The lowest BCUT2D eigenvalue weighted by molar-refractivity contribution is -0.122. The normalized spacial score (nSPS) is 21.0. The van der Waals surface area contributed by atoms with Crippen molar-refractivity contribution in [2.75, 3.05) is 0 Å². The standard InChI is InChI=1S/C14H25NO/c1-3-4-5-8-12(2)15-14(16)11-13-9-6-7-10-13/h6,9,12-13H,3-5,7-8,10-11H2,1-2H3,(H,15,16)/t12-,13+/m1/s1. The first-order valence-corrected chi connectivity index (χ1v) is 6.68. The first kappa shape index (κ1) is 13.3. The highest BCUT2D eigenvalue weighted by Gasteiger charge is 2.15. The highest BCUT2D eigenvalue weighted by Crippen LogP contribution is 2.20. The maximum absolute atomic E-state index is 11.7. The van der Waals surface area contributed by atoms with Crippen LogP contribution in [0.1, 0.15) is 58.8 Å². The van der Waals surface area contributed by atoms with Gasteiger partial charge >= 0.3 is 0 Å². The molecule has 0 saturated heterocycles. The van der Waals surface area contributed by atoms with Crippen LogP contribution in [0.5, 0.6) is 0 Å². The molecule has 0 saturated carbocycles. The van der Waals surface area contributed by atoms with Crippen molar-refractivity contribution < 1.29 is 4.79 Å². The lowest BCUT2D eigenvalue weighted by Gasteiger charge is -2.15. The molecule has 0 aromatic heterocycles. The van der Waals surface area contributed by atoms with Crippen molar-refractivity contribution in [3.05, 3.63) is 12.2 Å². The van der Waals surface area contributed by atoms with E-state index in [9.17, 15) is 4.79 Å². The van der Waals surface area contributed by atoms with Gasteiger partial charge in [-0.3, -0.25) is 4.79 Å². The third-order valence-corrected chi connectivity index (χ3v) is 3.21. The fourth-order valence-electron chi connectivity index (χ4n) is 2.21. The molecule has 0 aromatic carbocycles. The first-order valence-electron chi connectivity index (χ1n) is 6.68. The van der Waals surface area contributed by atoms with Crippen LogP contribution in [0.3, 0.4) is 0 Å². The van der Waals surface area contributed by atoms with E-state index in [0.29, 0.717) is 18.4 Å². The predicted molar refractivity (Wildman–Crippen MR) is 68.2 cm³/mol. The van der Waals surface area contributed by atoms with Crippen LogP contribution in [0.15, 0.2) is 12.2 Å². The Labute approximate surface area is 99.5 Å². The van der Waals surface area contributed by atoms with Crippen molar-refractivity contribution in [2.45, 2.75) is 64.8 Å². The summed E-state index contributed by atoms with van der Waals surface area (Å²) in [6.45, 7) is 4.31. The first-order chi connectivity index (χ1) is 7.72. The van der Waals surface area contributed by atoms with Crippen molar-refractivity contribution in [3.63, 3.8) is 0 Å². The zero-order valence-corrected chi connectivity index (χ0v) is 10.7. The molecule has 2 heteroatoms. The number of carbonyl (C=O) groups is 1. The minimum Gasteiger partial charge on any atom is -0.354 e. The zero-order chi connectivity index (χ0) is 11.8. The Kier molecular flexibility index (Phi) is 6.20. The number of hydrogen-bond acceptors (Lipinski definition) is 1. The second-order valence-corrected chi connectivity index (χ2v) is 4.93. The Hall–Kier alpha value is -0.790. The van der Waals surface area contributed by atoms with Gasteiger partial charge in [-0.25, -0.2) is 0 Å². The molecule has 0 spiro atoms. The number of hydrogen-bond donors (Lipinski definition) is 1. The minimum absolute atomic E-state index is 0.223. The SMILES string of the molecule is CCCCC[C@@H](C)NC(=O)C[C@H]1C=CCC1. The molecule has 1 amide bonds. The van der Waals surface area contributed by atoms with Gasteiger partial charge in [0.25, 0.3) is 0 Å². The predicted octanol–water partition coefficient (Wildman–Crippen LogP) is 3.43. The molecule has 0 bridgehead atoms. The van der Waals surface area contributed by atoms with Gasteiger partial charge in [-0.15, -0.1) is 0 Å². The van der Waals surface area contributed by atoms with Crippen LogP contribution < -0.4 is 5.32 Å². The fourth-order valence-corrected chi connectivity index (χ4v) is 2.21. The van der Waals surface area contributed by atoms with Crippen molar-refractivity contribution in [2.24, 2.45) is 5.92 Å². The topological polar surface area (TPSA) is 29.1 Å². The van der Waals surface area contributed by atoms with Gasteiger partial charge < -0.3 is 5.32 Å². The lowest BCUT2D eigenvalue weighted by atomic mass is 10.0. The molecule has 1 aliphatic carbocycles. The second kappa shape index (κ2) is 7.48. The van der Waals surface area contributed by atoms with Gasteiger partial charge in [0.05, 0.1) is 0 Å². The van der Waals surface area contributed by atoms with Gasteiger partial charge in [0.2, 0.25) is 5.91 Å². The molecule has 0 heterocycles. The van der Waals surface area contributed by atoms with Crippen molar-refractivity contribution in [1.29, 1.82) is 0 Å². The summed E-state index contributed by atoms with van der Waals surface area (Å²) in [4.78, 5) is 11.7. The van der Waals surface area contributed by atoms with Crippen LogP contribution in [0, 0.1) is 5.92 Å². The van der Waals surface area contributed by atoms with Crippen molar-refractivity contribution >= 4 is 5.91 Å². The van der Waals surface area contributed by atoms with E-state index in [1.54, 1.807) is 0 Å². The van der Waals surface area contributed by atoms with Gasteiger partial charge in [0, 0.05) is 12.5 Å². The van der Waals surface area contributed by atoms with Crippen LogP contribution in [0.2, 0.25) is 0 Å². The molecule has 92 valence electrons. The molecule has 1 N–H and O–H groups in total. The molecular weight excluding hydrogens is 198 g/mol. The van der Waals surface area contributed by atoms with E-state index in [1.165, 1.54) is 19.3 Å². The molecule has 2 nitrogen and oxygen atoms in total. The number of allylic oxidation sites excluding steroid dienone is 2. The fraction of sp³-hybridized carbons (Fsp3) is 0.786.